The van der Waals surface area contributed by atoms with Gasteiger partial charge in [-0.05, 0) is 48.1 Å². The Kier molecular flexibility index (Phi) is 5.65. The molecular formula is C24H26N4O3S. The highest BCUT2D eigenvalue weighted by molar-refractivity contribution is 8.00. The quantitative estimate of drug-likeness (QED) is 0.748. The number of thioether (sulfide) groups is 1. The third-order valence-corrected chi connectivity index (χ3v) is 7.75. The van der Waals surface area contributed by atoms with Crippen LogP contribution in [0, 0.1) is 5.92 Å². The Hall–Kier alpha value is -2.84. The summed E-state index contributed by atoms with van der Waals surface area (Å²) in [5, 5.41) is 13.0. The Morgan fingerprint density at radius 3 is 2.94 bits per heavy atom. The fourth-order valence-corrected chi connectivity index (χ4v) is 6.04. The number of urea groups is 1. The van der Waals surface area contributed by atoms with Crippen molar-refractivity contribution in [3.05, 3.63) is 59.9 Å². The molecule has 3 heterocycles. The molecule has 2 N–H and O–H groups in total. The highest BCUT2D eigenvalue weighted by Crippen LogP contribution is 2.43. The number of phenolic OH excluding ortho intramolecular Hbond substituents is 1. The van der Waals surface area contributed by atoms with E-state index in [0.717, 1.165) is 36.4 Å². The fraction of sp³-hybridized carbons (Fsp3) is 0.375. The smallest absolute Gasteiger partial charge is 0.328 e. The van der Waals surface area contributed by atoms with Crippen molar-refractivity contribution in [1.82, 2.24) is 20.1 Å². The summed E-state index contributed by atoms with van der Waals surface area (Å²) in [6.07, 6.45) is 3.60. The molecule has 2 aromatic rings. The summed E-state index contributed by atoms with van der Waals surface area (Å²) in [6.45, 7) is 6.72. The zero-order chi connectivity index (χ0) is 22.2. The highest BCUT2D eigenvalue weighted by Gasteiger charge is 2.38. The number of benzene rings is 1. The van der Waals surface area contributed by atoms with Gasteiger partial charge in [-0.2, -0.15) is 0 Å². The SMILES string of the molecule is C=C1NC(=O)N(CCN2CC3CCc4c(O)cccc4[C@@H]3C2)C(=O)CSc2cccnc21. The zero-order valence-electron chi connectivity index (χ0n) is 17.8. The number of phenols is 1. The van der Waals surface area contributed by atoms with Gasteiger partial charge in [0.25, 0.3) is 0 Å². The summed E-state index contributed by atoms with van der Waals surface area (Å²) in [4.78, 5) is 34.5. The van der Waals surface area contributed by atoms with Gasteiger partial charge in [0.1, 0.15) is 5.75 Å². The van der Waals surface area contributed by atoms with E-state index in [4.69, 9.17) is 0 Å². The minimum absolute atomic E-state index is 0.178. The number of pyridine rings is 1. The van der Waals surface area contributed by atoms with E-state index in [-0.39, 0.29) is 11.7 Å². The molecular weight excluding hydrogens is 424 g/mol. The van der Waals surface area contributed by atoms with Crippen molar-refractivity contribution < 1.29 is 14.7 Å². The van der Waals surface area contributed by atoms with E-state index in [2.05, 4.69) is 27.8 Å². The number of amides is 3. The second-order valence-electron chi connectivity index (χ2n) is 8.60. The molecule has 1 fully saturated rings. The zero-order valence-corrected chi connectivity index (χ0v) is 18.6. The van der Waals surface area contributed by atoms with Crippen LogP contribution in [0.2, 0.25) is 0 Å². The lowest BCUT2D eigenvalue weighted by atomic mass is 9.77. The highest BCUT2D eigenvalue weighted by atomic mass is 32.2. The van der Waals surface area contributed by atoms with E-state index in [9.17, 15) is 14.7 Å². The molecule has 1 aromatic carbocycles. The maximum Gasteiger partial charge on any atom is 0.328 e. The van der Waals surface area contributed by atoms with E-state index in [1.165, 1.54) is 22.2 Å². The first kappa shape index (κ1) is 21.0. The summed E-state index contributed by atoms with van der Waals surface area (Å²) >= 11 is 1.38. The molecule has 0 radical (unpaired) electrons. The molecule has 32 heavy (non-hydrogen) atoms. The van der Waals surface area contributed by atoms with Crippen LogP contribution in [0.4, 0.5) is 4.79 Å². The lowest BCUT2D eigenvalue weighted by molar-refractivity contribution is -0.125. The van der Waals surface area contributed by atoms with Gasteiger partial charge in [0.15, 0.2) is 0 Å². The largest absolute Gasteiger partial charge is 0.508 e. The monoisotopic (exact) mass is 450 g/mol. The van der Waals surface area contributed by atoms with Crippen LogP contribution in [-0.4, -0.2) is 63.8 Å². The minimum Gasteiger partial charge on any atom is -0.508 e. The second kappa shape index (κ2) is 8.60. The van der Waals surface area contributed by atoms with E-state index in [1.54, 1.807) is 12.3 Å². The molecule has 0 saturated carbocycles. The molecule has 2 aliphatic heterocycles. The second-order valence-corrected chi connectivity index (χ2v) is 9.62. The third-order valence-electron chi connectivity index (χ3n) is 6.72. The van der Waals surface area contributed by atoms with Gasteiger partial charge in [-0.1, -0.05) is 18.7 Å². The molecule has 3 aliphatic rings. The number of nitrogens with one attached hydrogen (secondary N) is 1. The number of aromatic hydroxyl groups is 1. The lowest BCUT2D eigenvalue weighted by Crippen LogP contribution is -2.47. The van der Waals surface area contributed by atoms with Crippen molar-refractivity contribution in [3.8, 4) is 5.75 Å². The number of carbonyl (C=O) groups excluding carboxylic acids is 2. The van der Waals surface area contributed by atoms with Crippen LogP contribution >= 0.6 is 11.8 Å². The average Bonchev–Trinajstić information content (AvgIpc) is 3.22. The first-order valence-electron chi connectivity index (χ1n) is 10.9. The molecule has 0 spiro atoms. The van der Waals surface area contributed by atoms with Gasteiger partial charge in [-0.3, -0.25) is 14.7 Å². The number of imide groups is 1. The molecule has 8 heteroatoms. The van der Waals surface area contributed by atoms with Crippen LogP contribution in [0.1, 0.15) is 29.2 Å². The normalized spacial score (nSPS) is 23.5. The van der Waals surface area contributed by atoms with Gasteiger partial charge in [0.05, 0.1) is 17.1 Å². The molecule has 1 saturated heterocycles. The number of aromatic nitrogens is 1. The Balaban J connectivity index is 1.26. The Labute approximate surface area is 191 Å². The summed E-state index contributed by atoms with van der Waals surface area (Å²) in [6, 6.07) is 9.05. The number of fused-ring (bicyclic) bond motifs is 4. The molecule has 7 nitrogen and oxygen atoms in total. The minimum atomic E-state index is -0.453. The maximum atomic E-state index is 12.9. The van der Waals surface area contributed by atoms with Crippen LogP contribution < -0.4 is 5.32 Å². The van der Waals surface area contributed by atoms with Gasteiger partial charge >= 0.3 is 6.03 Å². The number of hydrogen-bond acceptors (Lipinski definition) is 6. The molecule has 3 amide bonds. The maximum absolute atomic E-state index is 12.9. The molecule has 1 aliphatic carbocycles. The first-order chi connectivity index (χ1) is 15.5. The van der Waals surface area contributed by atoms with E-state index >= 15 is 0 Å². The van der Waals surface area contributed by atoms with E-state index in [1.807, 2.05) is 18.2 Å². The molecule has 166 valence electrons. The van der Waals surface area contributed by atoms with E-state index in [0.29, 0.717) is 42.1 Å². The lowest BCUT2D eigenvalue weighted by Gasteiger charge is -2.27. The third kappa shape index (κ3) is 3.89. The number of carbonyl (C=O) groups is 2. The Bertz CT molecular complexity index is 1090. The molecule has 5 rings (SSSR count). The van der Waals surface area contributed by atoms with E-state index < -0.39 is 6.03 Å². The predicted octanol–water partition coefficient (Wildman–Crippen LogP) is 3.06. The topological polar surface area (TPSA) is 85.8 Å². The van der Waals surface area contributed by atoms with Gasteiger partial charge in [0.2, 0.25) is 5.91 Å². The van der Waals surface area contributed by atoms with Crippen molar-refractivity contribution in [2.45, 2.75) is 23.7 Å². The van der Waals surface area contributed by atoms with Crippen LogP contribution in [0.25, 0.3) is 5.70 Å². The number of hydrogen-bond donors (Lipinski definition) is 2. The van der Waals surface area contributed by atoms with Gasteiger partial charge in [-0.15, -0.1) is 11.8 Å². The fourth-order valence-electron chi connectivity index (χ4n) is 5.12. The van der Waals surface area contributed by atoms with Gasteiger partial charge in [-0.25, -0.2) is 4.79 Å². The standard InChI is InChI=1S/C24H26N4O3S/c1-15-23-21(6-3-9-25-23)32-14-22(30)28(24(31)26-15)11-10-27-12-16-7-8-18-17(19(16)13-27)4-2-5-20(18)29/h2-6,9,16,19,29H,1,7-8,10-14H2,(H,26,31)/t16?,19-/m1/s1. The summed E-state index contributed by atoms with van der Waals surface area (Å²) < 4.78 is 0. The summed E-state index contributed by atoms with van der Waals surface area (Å²) in [5.74, 6) is 1.29. The van der Waals surface area contributed by atoms with Crippen molar-refractivity contribution >= 4 is 29.4 Å². The van der Waals surface area contributed by atoms with Gasteiger partial charge < -0.3 is 15.3 Å². The first-order valence-corrected chi connectivity index (χ1v) is 11.9. The number of likely N-dealkylation sites (tertiary alicyclic amines) is 1. The van der Waals surface area contributed by atoms with Crippen LogP contribution in [0.5, 0.6) is 5.75 Å². The summed E-state index contributed by atoms with van der Waals surface area (Å²) in [5.41, 5.74) is 3.33. The molecule has 1 unspecified atom stereocenters. The van der Waals surface area contributed by atoms with Crippen molar-refractivity contribution in [2.24, 2.45) is 5.92 Å². The Morgan fingerprint density at radius 2 is 2.06 bits per heavy atom. The molecule has 2 atom stereocenters. The Morgan fingerprint density at radius 1 is 1.19 bits per heavy atom. The number of rotatable bonds is 3. The number of nitrogens with zero attached hydrogens (tertiary/aromatic N) is 3. The molecule has 1 aromatic heterocycles. The molecule has 0 bridgehead atoms. The summed E-state index contributed by atoms with van der Waals surface area (Å²) in [7, 11) is 0. The van der Waals surface area contributed by atoms with Crippen LogP contribution in [-0.2, 0) is 11.2 Å². The van der Waals surface area contributed by atoms with Crippen LogP contribution in [0.3, 0.4) is 0 Å². The van der Waals surface area contributed by atoms with Crippen LogP contribution in [0.15, 0.2) is 48.0 Å². The van der Waals surface area contributed by atoms with Gasteiger partial charge in [0, 0.05) is 43.2 Å². The predicted molar refractivity (Wildman–Crippen MR) is 123 cm³/mol. The van der Waals surface area contributed by atoms with Crippen molar-refractivity contribution in [2.75, 3.05) is 31.9 Å². The van der Waals surface area contributed by atoms with Crippen molar-refractivity contribution in [3.63, 3.8) is 0 Å². The van der Waals surface area contributed by atoms with Crippen molar-refractivity contribution in [1.29, 1.82) is 0 Å². The average molecular weight is 451 g/mol.